The Morgan fingerprint density at radius 3 is 2.84 bits per heavy atom. The van der Waals surface area contributed by atoms with Crippen molar-refractivity contribution in [3.05, 3.63) is 42.5 Å². The molecule has 1 aromatic carbocycles. The van der Waals surface area contributed by atoms with Crippen molar-refractivity contribution in [1.82, 2.24) is 19.7 Å². The molecule has 1 aliphatic heterocycles. The zero-order valence-electron chi connectivity index (χ0n) is 13.8. The average molecular weight is 338 g/mol. The van der Waals surface area contributed by atoms with Gasteiger partial charge in [-0.05, 0) is 12.1 Å². The highest BCUT2D eigenvalue weighted by molar-refractivity contribution is 6.10. The van der Waals surface area contributed by atoms with Gasteiger partial charge in [-0.3, -0.25) is 14.5 Å². The highest BCUT2D eigenvalue weighted by atomic mass is 16.5. The molecular formula is C17H18N6O2. The maximum absolute atomic E-state index is 12.5. The smallest absolute Gasteiger partial charge is 0.277 e. The second kappa shape index (κ2) is 6.48. The molecule has 0 aliphatic carbocycles. The van der Waals surface area contributed by atoms with Crippen LogP contribution in [0.4, 0.5) is 11.5 Å². The third kappa shape index (κ3) is 2.91. The Bertz CT molecular complexity index is 902. The number of nitrogens with one attached hydrogen (secondary N) is 1. The van der Waals surface area contributed by atoms with E-state index in [9.17, 15) is 4.79 Å². The number of aromatic nitrogens is 4. The first-order chi connectivity index (χ1) is 12.2. The summed E-state index contributed by atoms with van der Waals surface area (Å²) in [4.78, 5) is 22.7. The molecule has 0 atom stereocenters. The molecule has 1 amide bonds. The molecule has 2 aromatic heterocycles. The molecule has 3 aromatic rings. The molecule has 1 fully saturated rings. The van der Waals surface area contributed by atoms with Gasteiger partial charge in [-0.1, -0.05) is 6.07 Å². The second-order valence-corrected chi connectivity index (χ2v) is 5.79. The quantitative estimate of drug-likeness (QED) is 0.778. The first-order valence-corrected chi connectivity index (χ1v) is 8.10. The van der Waals surface area contributed by atoms with E-state index in [4.69, 9.17) is 4.74 Å². The van der Waals surface area contributed by atoms with Crippen LogP contribution in [0, 0.1) is 0 Å². The summed E-state index contributed by atoms with van der Waals surface area (Å²) in [6, 6.07) is 6.04. The summed E-state index contributed by atoms with van der Waals surface area (Å²) < 4.78 is 7.21. The number of carbonyl (C=O) groups excluding carboxylic acids is 1. The average Bonchev–Trinajstić information content (AvgIpc) is 2.99. The van der Waals surface area contributed by atoms with Gasteiger partial charge in [-0.2, -0.15) is 5.10 Å². The van der Waals surface area contributed by atoms with Crippen molar-refractivity contribution in [2.75, 3.05) is 36.5 Å². The molecule has 1 saturated heterocycles. The van der Waals surface area contributed by atoms with Crippen LogP contribution in [0.1, 0.15) is 10.5 Å². The van der Waals surface area contributed by atoms with Crippen molar-refractivity contribution in [3.8, 4) is 0 Å². The van der Waals surface area contributed by atoms with Crippen LogP contribution in [-0.2, 0) is 11.8 Å². The Balaban J connectivity index is 1.74. The lowest BCUT2D eigenvalue weighted by Gasteiger charge is -2.29. The molecule has 0 spiro atoms. The topological polar surface area (TPSA) is 85.2 Å². The summed E-state index contributed by atoms with van der Waals surface area (Å²) in [5.74, 6) is 0.195. The minimum Gasteiger partial charge on any atom is -0.378 e. The Morgan fingerprint density at radius 2 is 2.08 bits per heavy atom. The van der Waals surface area contributed by atoms with Gasteiger partial charge in [0.15, 0.2) is 5.82 Å². The predicted molar refractivity (Wildman–Crippen MR) is 93.7 cm³/mol. The molecule has 8 heteroatoms. The van der Waals surface area contributed by atoms with E-state index in [1.807, 2.05) is 25.2 Å². The van der Waals surface area contributed by atoms with Crippen LogP contribution in [-0.4, -0.2) is 52.0 Å². The number of amides is 1. The zero-order chi connectivity index (χ0) is 17.2. The van der Waals surface area contributed by atoms with Crippen molar-refractivity contribution in [3.63, 3.8) is 0 Å². The van der Waals surface area contributed by atoms with Crippen molar-refractivity contribution >= 4 is 28.3 Å². The summed E-state index contributed by atoms with van der Waals surface area (Å²) in [7, 11) is 1.86. The third-order valence-electron chi connectivity index (χ3n) is 4.24. The van der Waals surface area contributed by atoms with E-state index in [1.54, 1.807) is 4.68 Å². The Morgan fingerprint density at radius 1 is 1.24 bits per heavy atom. The lowest BCUT2D eigenvalue weighted by molar-refractivity contribution is 0.102. The molecule has 8 nitrogen and oxygen atoms in total. The molecule has 0 bridgehead atoms. The fourth-order valence-electron chi connectivity index (χ4n) is 3.04. The predicted octanol–water partition coefficient (Wildman–Crippen LogP) is 1.45. The van der Waals surface area contributed by atoms with E-state index >= 15 is 0 Å². The largest absolute Gasteiger partial charge is 0.378 e. The van der Waals surface area contributed by atoms with Gasteiger partial charge in [0, 0.05) is 32.5 Å². The van der Waals surface area contributed by atoms with Crippen LogP contribution in [0.2, 0.25) is 0 Å². The van der Waals surface area contributed by atoms with E-state index in [-0.39, 0.29) is 11.6 Å². The molecule has 25 heavy (non-hydrogen) atoms. The molecule has 0 unspecified atom stereocenters. The first-order valence-electron chi connectivity index (χ1n) is 8.10. The maximum Gasteiger partial charge on any atom is 0.277 e. The molecule has 3 heterocycles. The van der Waals surface area contributed by atoms with Crippen LogP contribution in [0.25, 0.3) is 10.9 Å². The minimum atomic E-state index is -0.329. The van der Waals surface area contributed by atoms with Crippen molar-refractivity contribution in [2.24, 2.45) is 7.05 Å². The Kier molecular flexibility index (Phi) is 4.02. The molecule has 4 rings (SSSR count). The molecule has 0 saturated carbocycles. The minimum absolute atomic E-state index is 0.255. The number of ether oxygens (including phenoxy) is 1. The number of nitrogens with zero attached hydrogens (tertiary/aromatic N) is 5. The Hall–Kier alpha value is -3.00. The van der Waals surface area contributed by atoms with Gasteiger partial charge in [0.25, 0.3) is 5.91 Å². The van der Waals surface area contributed by atoms with Gasteiger partial charge < -0.3 is 15.0 Å². The fourth-order valence-corrected chi connectivity index (χ4v) is 3.04. The van der Waals surface area contributed by atoms with Crippen LogP contribution in [0.5, 0.6) is 0 Å². The van der Waals surface area contributed by atoms with Crippen LogP contribution < -0.4 is 10.2 Å². The molecule has 0 radical (unpaired) electrons. The Labute approximate surface area is 144 Å². The SMILES string of the molecule is Cn1nc(NC(=O)c2cnccn2)c2c(N3CCOCC3)cccc21. The molecule has 1 aliphatic rings. The monoisotopic (exact) mass is 338 g/mol. The summed E-state index contributed by atoms with van der Waals surface area (Å²) in [6.45, 7) is 3.01. The number of carbonyl (C=O) groups is 1. The summed E-state index contributed by atoms with van der Waals surface area (Å²) in [5, 5.41) is 8.28. The van der Waals surface area contributed by atoms with Crippen LogP contribution in [0.3, 0.4) is 0 Å². The molecular weight excluding hydrogens is 320 g/mol. The normalized spacial score (nSPS) is 14.7. The van der Waals surface area contributed by atoms with E-state index in [0.29, 0.717) is 19.0 Å². The van der Waals surface area contributed by atoms with Crippen molar-refractivity contribution in [2.45, 2.75) is 0 Å². The van der Waals surface area contributed by atoms with Crippen LogP contribution >= 0.6 is 0 Å². The number of anilines is 2. The number of rotatable bonds is 3. The van der Waals surface area contributed by atoms with Gasteiger partial charge in [0.1, 0.15) is 5.69 Å². The lowest BCUT2D eigenvalue weighted by atomic mass is 10.1. The number of benzene rings is 1. The van der Waals surface area contributed by atoms with Gasteiger partial charge >= 0.3 is 0 Å². The van der Waals surface area contributed by atoms with Gasteiger partial charge in [0.2, 0.25) is 0 Å². The summed E-state index contributed by atoms with van der Waals surface area (Å²) in [6.07, 6.45) is 4.46. The van der Waals surface area contributed by atoms with Crippen LogP contribution in [0.15, 0.2) is 36.8 Å². The third-order valence-corrected chi connectivity index (χ3v) is 4.24. The number of fused-ring (bicyclic) bond motifs is 1. The summed E-state index contributed by atoms with van der Waals surface area (Å²) >= 11 is 0. The van der Waals surface area contributed by atoms with Gasteiger partial charge in [-0.25, -0.2) is 4.98 Å². The number of hydrogen-bond donors (Lipinski definition) is 1. The first kappa shape index (κ1) is 15.5. The maximum atomic E-state index is 12.5. The van der Waals surface area contributed by atoms with E-state index in [1.165, 1.54) is 18.6 Å². The highest BCUT2D eigenvalue weighted by Crippen LogP contribution is 2.33. The number of hydrogen-bond acceptors (Lipinski definition) is 6. The van der Waals surface area contributed by atoms with Crippen molar-refractivity contribution in [1.29, 1.82) is 0 Å². The highest BCUT2D eigenvalue weighted by Gasteiger charge is 2.20. The van der Waals surface area contributed by atoms with E-state index < -0.39 is 0 Å². The lowest BCUT2D eigenvalue weighted by Crippen LogP contribution is -2.36. The molecule has 128 valence electrons. The fraction of sp³-hybridized carbons (Fsp3) is 0.294. The molecule has 1 N–H and O–H groups in total. The van der Waals surface area contributed by atoms with Crippen molar-refractivity contribution < 1.29 is 9.53 Å². The number of morpholine rings is 1. The standard InChI is InChI=1S/C17H18N6O2/c1-22-13-3-2-4-14(23-7-9-25-10-8-23)15(13)16(21-22)20-17(24)12-11-18-5-6-19-12/h2-6,11H,7-10H2,1H3,(H,20,21,24). The van der Waals surface area contributed by atoms with Gasteiger partial charge in [-0.15, -0.1) is 0 Å². The van der Waals surface area contributed by atoms with E-state index in [2.05, 4.69) is 25.3 Å². The second-order valence-electron chi connectivity index (χ2n) is 5.79. The van der Waals surface area contributed by atoms with E-state index in [0.717, 1.165) is 29.7 Å². The zero-order valence-corrected chi connectivity index (χ0v) is 13.8. The van der Waals surface area contributed by atoms with Gasteiger partial charge in [0.05, 0.1) is 36.0 Å². The number of aryl methyl sites for hydroxylation is 1. The summed E-state index contributed by atoms with van der Waals surface area (Å²) in [5.41, 5.74) is 2.26.